The van der Waals surface area contributed by atoms with Gasteiger partial charge >= 0.3 is 6.09 Å². The number of halogens is 1. The molecule has 1 saturated heterocycles. The second-order valence-electron chi connectivity index (χ2n) is 9.67. The Kier molecular flexibility index (Phi) is 11.8. The summed E-state index contributed by atoms with van der Waals surface area (Å²) >= 11 is 0. The smallest absolute Gasteiger partial charge is 0.410 e. The van der Waals surface area contributed by atoms with Crippen LogP contribution < -0.4 is 10.6 Å². The van der Waals surface area contributed by atoms with Gasteiger partial charge in [-0.2, -0.15) is 0 Å². The van der Waals surface area contributed by atoms with Crippen LogP contribution in [0.3, 0.4) is 0 Å². The Labute approximate surface area is 200 Å². The summed E-state index contributed by atoms with van der Waals surface area (Å²) in [6, 6.07) is 0. The van der Waals surface area contributed by atoms with Crippen LogP contribution in [0.15, 0.2) is 4.99 Å². The summed E-state index contributed by atoms with van der Waals surface area (Å²) in [6.45, 7) is 9.90. The van der Waals surface area contributed by atoms with Gasteiger partial charge in [-0.25, -0.2) is 4.79 Å². The van der Waals surface area contributed by atoms with Crippen LogP contribution in [-0.2, 0) is 9.47 Å². The van der Waals surface area contributed by atoms with E-state index in [-0.39, 0.29) is 30.1 Å². The van der Waals surface area contributed by atoms with E-state index >= 15 is 0 Å². The molecule has 7 nitrogen and oxygen atoms in total. The number of guanidine groups is 1. The minimum Gasteiger partial charge on any atom is -0.444 e. The van der Waals surface area contributed by atoms with Gasteiger partial charge < -0.3 is 25.0 Å². The molecular formula is C22H43IN4O3. The summed E-state index contributed by atoms with van der Waals surface area (Å²) in [6.07, 6.45) is 8.05. The molecule has 2 fully saturated rings. The zero-order valence-electron chi connectivity index (χ0n) is 19.6. The number of nitrogens with one attached hydrogen (secondary N) is 2. The maximum absolute atomic E-state index is 12.2. The van der Waals surface area contributed by atoms with Crippen molar-refractivity contribution < 1.29 is 14.3 Å². The Bertz CT molecular complexity index is 537. The lowest BCUT2D eigenvalue weighted by atomic mass is 9.83. The van der Waals surface area contributed by atoms with Gasteiger partial charge in [0.05, 0.1) is 0 Å². The van der Waals surface area contributed by atoms with Gasteiger partial charge in [0.1, 0.15) is 5.60 Å². The van der Waals surface area contributed by atoms with Crippen LogP contribution in [-0.4, -0.2) is 69.5 Å². The number of hydrogen-bond donors (Lipinski definition) is 2. The minimum absolute atomic E-state index is 0. The van der Waals surface area contributed by atoms with Gasteiger partial charge in [0.2, 0.25) is 0 Å². The molecule has 0 unspecified atom stereocenters. The molecule has 0 bridgehead atoms. The fraction of sp³-hybridized carbons (Fsp3) is 0.909. The first-order valence-corrected chi connectivity index (χ1v) is 11.2. The molecule has 0 aromatic rings. The predicted molar refractivity (Wildman–Crippen MR) is 133 cm³/mol. The molecule has 2 N–H and O–H groups in total. The van der Waals surface area contributed by atoms with E-state index in [9.17, 15) is 4.79 Å². The van der Waals surface area contributed by atoms with E-state index in [4.69, 9.17) is 9.47 Å². The molecule has 0 aromatic heterocycles. The molecule has 0 atom stereocenters. The molecule has 1 aliphatic heterocycles. The van der Waals surface area contributed by atoms with E-state index in [0.29, 0.717) is 11.3 Å². The molecule has 1 aliphatic carbocycles. The summed E-state index contributed by atoms with van der Waals surface area (Å²) in [5.41, 5.74) is -0.0973. The zero-order chi connectivity index (χ0) is 21.3. The predicted octanol–water partition coefficient (Wildman–Crippen LogP) is 4.01. The van der Waals surface area contributed by atoms with Crippen molar-refractivity contribution in [2.75, 3.05) is 46.9 Å². The number of hydrogen-bond acceptors (Lipinski definition) is 4. The molecule has 1 saturated carbocycles. The van der Waals surface area contributed by atoms with Gasteiger partial charge in [0, 0.05) is 46.9 Å². The maximum atomic E-state index is 12.2. The van der Waals surface area contributed by atoms with Crippen molar-refractivity contribution in [1.82, 2.24) is 15.5 Å². The lowest BCUT2D eigenvalue weighted by Crippen LogP contribution is -2.47. The summed E-state index contributed by atoms with van der Waals surface area (Å²) in [7, 11) is 3.61. The van der Waals surface area contributed by atoms with E-state index in [1.54, 1.807) is 7.11 Å². The van der Waals surface area contributed by atoms with Crippen molar-refractivity contribution in [2.24, 2.45) is 16.3 Å². The van der Waals surface area contributed by atoms with Crippen LogP contribution in [0.4, 0.5) is 4.79 Å². The van der Waals surface area contributed by atoms with Gasteiger partial charge in [-0.3, -0.25) is 4.99 Å². The van der Waals surface area contributed by atoms with Crippen molar-refractivity contribution >= 4 is 36.0 Å². The standard InChI is InChI=1S/C22H42N4O3.HI/c1-21(2,3)29-20(27)26-13-8-18(9-14-26)16-24-19(23-4)25-17-22(12-15-28-5)10-6-7-11-22;/h18H,6-17H2,1-5H3,(H2,23,24,25);1H. The highest BCUT2D eigenvalue weighted by atomic mass is 127. The van der Waals surface area contributed by atoms with Crippen LogP contribution in [0, 0.1) is 11.3 Å². The molecule has 8 heteroatoms. The first-order valence-electron chi connectivity index (χ1n) is 11.2. The molecule has 176 valence electrons. The van der Waals surface area contributed by atoms with Gasteiger partial charge in [-0.05, 0) is 64.2 Å². The van der Waals surface area contributed by atoms with Gasteiger partial charge in [-0.15, -0.1) is 24.0 Å². The Morgan fingerprint density at radius 2 is 1.80 bits per heavy atom. The summed E-state index contributed by atoms with van der Waals surface area (Å²) in [5.74, 6) is 1.42. The van der Waals surface area contributed by atoms with Gasteiger partial charge in [-0.1, -0.05) is 12.8 Å². The van der Waals surface area contributed by atoms with Gasteiger partial charge in [0.15, 0.2) is 5.96 Å². The fourth-order valence-corrected chi connectivity index (χ4v) is 4.34. The molecule has 0 aromatic carbocycles. The number of rotatable bonds is 7. The molecule has 0 spiro atoms. The third kappa shape index (κ3) is 9.16. The topological polar surface area (TPSA) is 75.2 Å². The number of likely N-dealkylation sites (tertiary alicyclic amines) is 1. The second-order valence-corrected chi connectivity index (χ2v) is 9.67. The average molecular weight is 539 g/mol. The van der Waals surface area contributed by atoms with E-state index in [1.165, 1.54) is 25.7 Å². The van der Waals surface area contributed by atoms with Crippen molar-refractivity contribution in [3.05, 3.63) is 0 Å². The Balaban J connectivity index is 0.00000450. The second kappa shape index (κ2) is 12.9. The number of nitrogens with zero attached hydrogens (tertiary/aromatic N) is 2. The van der Waals surface area contributed by atoms with E-state index < -0.39 is 5.60 Å². The van der Waals surface area contributed by atoms with Crippen molar-refractivity contribution in [1.29, 1.82) is 0 Å². The van der Waals surface area contributed by atoms with Gasteiger partial charge in [0.25, 0.3) is 0 Å². The third-order valence-corrected chi connectivity index (χ3v) is 6.18. The van der Waals surface area contributed by atoms with E-state index in [1.807, 2.05) is 32.7 Å². The molecule has 30 heavy (non-hydrogen) atoms. The van der Waals surface area contributed by atoms with Crippen molar-refractivity contribution in [3.8, 4) is 0 Å². The maximum Gasteiger partial charge on any atom is 0.410 e. The number of ether oxygens (including phenoxy) is 2. The number of piperidine rings is 1. The highest BCUT2D eigenvalue weighted by Gasteiger charge is 2.33. The molecular weight excluding hydrogens is 495 g/mol. The normalized spacial score (nSPS) is 19.9. The number of carbonyl (C=O) groups excluding carboxylic acids is 1. The minimum atomic E-state index is -0.437. The SMILES string of the molecule is CN=C(NCC1CCN(C(=O)OC(C)(C)C)CC1)NCC1(CCOC)CCCC1.I. The molecule has 2 rings (SSSR count). The lowest BCUT2D eigenvalue weighted by molar-refractivity contribution is 0.0185. The van der Waals surface area contributed by atoms with Crippen molar-refractivity contribution in [2.45, 2.75) is 71.3 Å². The molecule has 1 heterocycles. The van der Waals surface area contributed by atoms with E-state index in [0.717, 1.165) is 58.0 Å². The van der Waals surface area contributed by atoms with Crippen LogP contribution in [0.2, 0.25) is 0 Å². The number of aliphatic imine (C=N–C) groups is 1. The van der Waals surface area contributed by atoms with Crippen LogP contribution >= 0.6 is 24.0 Å². The number of methoxy groups -OCH3 is 1. The molecule has 2 aliphatic rings. The summed E-state index contributed by atoms with van der Waals surface area (Å²) in [5, 5.41) is 7.04. The fourth-order valence-electron chi connectivity index (χ4n) is 4.34. The number of carbonyl (C=O) groups is 1. The Morgan fingerprint density at radius 3 is 2.33 bits per heavy atom. The monoisotopic (exact) mass is 538 g/mol. The highest BCUT2D eigenvalue weighted by Crippen LogP contribution is 2.40. The lowest BCUT2D eigenvalue weighted by Gasteiger charge is -2.34. The van der Waals surface area contributed by atoms with Crippen LogP contribution in [0.1, 0.15) is 65.7 Å². The Morgan fingerprint density at radius 1 is 1.17 bits per heavy atom. The first-order chi connectivity index (χ1) is 13.8. The zero-order valence-corrected chi connectivity index (χ0v) is 21.9. The van der Waals surface area contributed by atoms with Crippen LogP contribution in [0.5, 0.6) is 0 Å². The van der Waals surface area contributed by atoms with Crippen molar-refractivity contribution in [3.63, 3.8) is 0 Å². The average Bonchev–Trinajstić information content (AvgIpc) is 3.15. The highest BCUT2D eigenvalue weighted by molar-refractivity contribution is 14.0. The molecule has 0 radical (unpaired) electrons. The summed E-state index contributed by atoms with van der Waals surface area (Å²) < 4.78 is 10.8. The number of amides is 1. The third-order valence-electron chi connectivity index (χ3n) is 6.18. The largest absolute Gasteiger partial charge is 0.444 e. The molecule has 1 amide bonds. The first kappa shape index (κ1) is 27.3. The Hall–Kier alpha value is -0.770. The quantitative estimate of drug-likeness (QED) is 0.291. The van der Waals surface area contributed by atoms with Crippen LogP contribution in [0.25, 0.3) is 0 Å². The summed E-state index contributed by atoms with van der Waals surface area (Å²) in [4.78, 5) is 18.4. The van der Waals surface area contributed by atoms with E-state index in [2.05, 4.69) is 15.6 Å².